The molecule has 3 atom stereocenters. The minimum absolute atomic E-state index is 0.0524. The first-order chi connectivity index (χ1) is 13.4. The van der Waals surface area contributed by atoms with Gasteiger partial charge in [0.15, 0.2) is 0 Å². The van der Waals surface area contributed by atoms with Gasteiger partial charge in [-0.05, 0) is 56.9 Å². The van der Waals surface area contributed by atoms with Crippen LogP contribution in [0.5, 0.6) is 0 Å². The predicted molar refractivity (Wildman–Crippen MR) is 103 cm³/mol. The number of rotatable bonds is 5. The van der Waals surface area contributed by atoms with Crippen molar-refractivity contribution in [2.75, 3.05) is 0 Å². The average molecular weight is 385 g/mol. The van der Waals surface area contributed by atoms with Gasteiger partial charge in [0.05, 0.1) is 11.3 Å². The molecule has 1 aromatic heterocycles. The van der Waals surface area contributed by atoms with E-state index in [4.69, 9.17) is 0 Å². The summed E-state index contributed by atoms with van der Waals surface area (Å²) in [6.07, 6.45) is 3.60. The monoisotopic (exact) mass is 385 g/mol. The summed E-state index contributed by atoms with van der Waals surface area (Å²) in [7, 11) is 0. The lowest BCUT2D eigenvalue weighted by Gasteiger charge is -2.30. The summed E-state index contributed by atoms with van der Waals surface area (Å²) in [4.78, 5) is 28.4. The molecule has 0 unspecified atom stereocenters. The fourth-order valence-corrected chi connectivity index (χ4v) is 3.39. The highest BCUT2D eigenvalue weighted by Crippen LogP contribution is 2.20. The standard InChI is InChI=1S/C21H24FN3O3/c1-13(26)20(27)24-17-6-3-7-18(11-17)25-21(28)15-8-9-19(23-12-15)14-4-2-5-16(22)10-14/h2,4-5,8-10,12-13,17-18,26H,3,6-7,11H2,1H3,(H,24,27)(H,25,28)/t13-,17-,18-/m0/s1. The number of aliphatic hydroxyl groups excluding tert-OH is 1. The topological polar surface area (TPSA) is 91.3 Å². The van der Waals surface area contributed by atoms with Crippen LogP contribution in [-0.2, 0) is 4.79 Å². The molecule has 7 heteroatoms. The quantitative estimate of drug-likeness (QED) is 0.737. The number of aromatic nitrogens is 1. The molecule has 1 aliphatic carbocycles. The number of halogens is 1. The van der Waals surface area contributed by atoms with Crippen molar-refractivity contribution in [1.29, 1.82) is 0 Å². The lowest BCUT2D eigenvalue weighted by molar-refractivity contribution is -0.129. The van der Waals surface area contributed by atoms with E-state index in [9.17, 15) is 19.1 Å². The van der Waals surface area contributed by atoms with Gasteiger partial charge in [0.1, 0.15) is 11.9 Å². The van der Waals surface area contributed by atoms with Gasteiger partial charge in [-0.1, -0.05) is 12.1 Å². The molecule has 1 saturated carbocycles. The van der Waals surface area contributed by atoms with Crippen molar-refractivity contribution >= 4 is 11.8 Å². The average Bonchev–Trinajstić information content (AvgIpc) is 2.68. The molecule has 0 bridgehead atoms. The first kappa shape index (κ1) is 19.9. The van der Waals surface area contributed by atoms with Crippen LogP contribution in [0.2, 0.25) is 0 Å². The van der Waals surface area contributed by atoms with Crippen LogP contribution < -0.4 is 10.6 Å². The smallest absolute Gasteiger partial charge is 0.253 e. The number of amides is 2. The Morgan fingerprint density at radius 1 is 1.18 bits per heavy atom. The van der Waals surface area contributed by atoms with Crippen molar-refractivity contribution in [1.82, 2.24) is 15.6 Å². The Hall–Kier alpha value is -2.80. The van der Waals surface area contributed by atoms with E-state index in [1.165, 1.54) is 25.3 Å². The lowest BCUT2D eigenvalue weighted by atomic mass is 9.90. The van der Waals surface area contributed by atoms with Gasteiger partial charge in [-0.2, -0.15) is 0 Å². The molecule has 0 radical (unpaired) electrons. The number of benzene rings is 1. The van der Waals surface area contributed by atoms with E-state index in [2.05, 4.69) is 15.6 Å². The van der Waals surface area contributed by atoms with E-state index in [1.807, 2.05) is 0 Å². The minimum atomic E-state index is -1.04. The zero-order valence-corrected chi connectivity index (χ0v) is 15.7. The van der Waals surface area contributed by atoms with Crippen LogP contribution in [0.4, 0.5) is 4.39 Å². The van der Waals surface area contributed by atoms with Gasteiger partial charge in [-0.3, -0.25) is 14.6 Å². The molecule has 3 rings (SSSR count). The first-order valence-electron chi connectivity index (χ1n) is 9.43. The molecule has 3 N–H and O–H groups in total. The summed E-state index contributed by atoms with van der Waals surface area (Å²) < 4.78 is 13.3. The number of carbonyl (C=O) groups excluding carboxylic acids is 2. The molecule has 0 saturated heterocycles. The molecule has 28 heavy (non-hydrogen) atoms. The van der Waals surface area contributed by atoms with Crippen LogP contribution in [-0.4, -0.2) is 40.1 Å². The first-order valence-corrected chi connectivity index (χ1v) is 9.43. The zero-order valence-electron chi connectivity index (χ0n) is 15.7. The Balaban J connectivity index is 1.59. The largest absolute Gasteiger partial charge is 0.384 e. The van der Waals surface area contributed by atoms with E-state index in [-0.39, 0.29) is 23.8 Å². The molecule has 2 aromatic rings. The fourth-order valence-electron chi connectivity index (χ4n) is 3.39. The van der Waals surface area contributed by atoms with Crippen LogP contribution >= 0.6 is 0 Å². The van der Waals surface area contributed by atoms with E-state index in [0.717, 1.165) is 19.3 Å². The lowest BCUT2D eigenvalue weighted by Crippen LogP contribution is -2.47. The van der Waals surface area contributed by atoms with Gasteiger partial charge in [0.2, 0.25) is 5.91 Å². The third-order valence-corrected chi connectivity index (χ3v) is 4.88. The summed E-state index contributed by atoms with van der Waals surface area (Å²) in [6, 6.07) is 9.38. The van der Waals surface area contributed by atoms with E-state index >= 15 is 0 Å². The van der Waals surface area contributed by atoms with Crippen molar-refractivity contribution in [3.63, 3.8) is 0 Å². The van der Waals surface area contributed by atoms with Crippen molar-refractivity contribution in [3.05, 3.63) is 54.0 Å². The summed E-state index contributed by atoms with van der Waals surface area (Å²) in [6.45, 7) is 1.43. The summed E-state index contributed by atoms with van der Waals surface area (Å²) in [5.41, 5.74) is 1.67. The van der Waals surface area contributed by atoms with Crippen LogP contribution in [0.15, 0.2) is 42.6 Å². The second-order valence-electron chi connectivity index (χ2n) is 7.16. The number of aliphatic hydroxyl groups is 1. The molecule has 2 amide bonds. The van der Waals surface area contributed by atoms with Gasteiger partial charge in [-0.25, -0.2) is 4.39 Å². The second kappa shape index (κ2) is 8.93. The highest BCUT2D eigenvalue weighted by atomic mass is 19.1. The number of hydrogen-bond acceptors (Lipinski definition) is 4. The Kier molecular flexibility index (Phi) is 6.36. The van der Waals surface area contributed by atoms with E-state index in [1.54, 1.807) is 24.3 Å². The van der Waals surface area contributed by atoms with Crippen LogP contribution in [0.1, 0.15) is 43.0 Å². The number of nitrogens with one attached hydrogen (secondary N) is 2. The number of carbonyl (C=O) groups is 2. The van der Waals surface area contributed by atoms with Crippen LogP contribution in [0.3, 0.4) is 0 Å². The van der Waals surface area contributed by atoms with Crippen molar-refractivity contribution in [2.45, 2.75) is 50.8 Å². The maximum atomic E-state index is 13.3. The molecule has 0 spiro atoms. The third-order valence-electron chi connectivity index (χ3n) is 4.88. The Morgan fingerprint density at radius 3 is 2.57 bits per heavy atom. The Bertz CT molecular complexity index is 839. The molecular weight excluding hydrogens is 361 g/mol. The molecule has 1 aliphatic rings. The Labute approximate surface area is 163 Å². The maximum Gasteiger partial charge on any atom is 0.253 e. The van der Waals surface area contributed by atoms with Crippen LogP contribution in [0.25, 0.3) is 11.3 Å². The molecule has 0 aliphatic heterocycles. The predicted octanol–water partition coefficient (Wildman–Crippen LogP) is 2.43. The van der Waals surface area contributed by atoms with Crippen molar-refractivity contribution in [3.8, 4) is 11.3 Å². The maximum absolute atomic E-state index is 13.3. The summed E-state index contributed by atoms with van der Waals surface area (Å²) >= 11 is 0. The normalized spacial score (nSPS) is 20.2. The van der Waals surface area contributed by atoms with Gasteiger partial charge >= 0.3 is 0 Å². The third kappa shape index (κ3) is 5.13. The number of pyridine rings is 1. The molecule has 1 fully saturated rings. The molecular formula is C21H24FN3O3. The molecule has 1 aromatic carbocycles. The van der Waals surface area contributed by atoms with Gasteiger partial charge < -0.3 is 15.7 Å². The molecule has 6 nitrogen and oxygen atoms in total. The fraction of sp³-hybridized carbons (Fsp3) is 0.381. The number of hydrogen-bond donors (Lipinski definition) is 3. The second-order valence-corrected chi connectivity index (χ2v) is 7.16. The highest BCUT2D eigenvalue weighted by molar-refractivity contribution is 5.94. The number of nitrogens with zero attached hydrogens (tertiary/aromatic N) is 1. The summed E-state index contributed by atoms with van der Waals surface area (Å²) in [5, 5.41) is 15.1. The summed E-state index contributed by atoms with van der Waals surface area (Å²) in [5.74, 6) is -0.962. The van der Waals surface area contributed by atoms with Crippen molar-refractivity contribution < 1.29 is 19.1 Å². The highest BCUT2D eigenvalue weighted by Gasteiger charge is 2.25. The van der Waals surface area contributed by atoms with Gasteiger partial charge in [0.25, 0.3) is 5.91 Å². The van der Waals surface area contributed by atoms with Gasteiger partial charge in [-0.15, -0.1) is 0 Å². The zero-order chi connectivity index (χ0) is 20.1. The van der Waals surface area contributed by atoms with Crippen LogP contribution in [0, 0.1) is 5.82 Å². The molecule has 148 valence electrons. The minimum Gasteiger partial charge on any atom is -0.384 e. The van der Waals surface area contributed by atoms with E-state index in [0.29, 0.717) is 23.2 Å². The van der Waals surface area contributed by atoms with E-state index < -0.39 is 12.0 Å². The molecule has 1 heterocycles. The van der Waals surface area contributed by atoms with Gasteiger partial charge in [0, 0.05) is 23.8 Å². The Morgan fingerprint density at radius 2 is 1.93 bits per heavy atom. The van der Waals surface area contributed by atoms with Crippen molar-refractivity contribution in [2.24, 2.45) is 0 Å². The SMILES string of the molecule is C[C@H](O)C(=O)N[C@H]1CCC[C@H](NC(=O)c2ccc(-c3cccc(F)c3)nc2)C1.